The van der Waals surface area contributed by atoms with Crippen molar-refractivity contribution in [3.63, 3.8) is 0 Å². The first-order valence-corrected chi connectivity index (χ1v) is 13.6. The van der Waals surface area contributed by atoms with Gasteiger partial charge >= 0.3 is 24.9 Å². The molecule has 0 amide bonds. The van der Waals surface area contributed by atoms with Crippen LogP contribution in [0.25, 0.3) is 0 Å². The molecule has 1 unspecified atom stereocenters. The first kappa shape index (κ1) is 20.0. The molecule has 0 radical (unpaired) electrons. The van der Waals surface area contributed by atoms with Gasteiger partial charge in [0.1, 0.15) is 0 Å². The van der Waals surface area contributed by atoms with Crippen molar-refractivity contribution in [1.29, 1.82) is 0 Å². The Balaban J connectivity index is 0.000000313. The van der Waals surface area contributed by atoms with E-state index in [0.29, 0.717) is 0 Å². The van der Waals surface area contributed by atoms with Gasteiger partial charge in [-0.3, -0.25) is 0 Å². The van der Waals surface area contributed by atoms with Gasteiger partial charge in [0.2, 0.25) is 0 Å². The molecule has 0 spiro atoms. The van der Waals surface area contributed by atoms with Crippen LogP contribution >= 0.6 is 64.6 Å². The summed E-state index contributed by atoms with van der Waals surface area (Å²) in [6, 6.07) is 17.6. The molecule has 1 aliphatic heterocycles. The Hall–Kier alpha value is 0.939. The zero-order valence-electron chi connectivity index (χ0n) is 10.2. The second-order valence-electron chi connectivity index (χ2n) is 3.57. The zero-order valence-corrected chi connectivity index (χ0v) is 17.1. The predicted molar refractivity (Wildman–Crippen MR) is 95.2 cm³/mol. The Morgan fingerprint density at radius 1 is 0.905 bits per heavy atom. The van der Waals surface area contributed by atoms with E-state index < -0.39 is 19.7 Å². The summed E-state index contributed by atoms with van der Waals surface area (Å²) >= 11 is 23.7. The van der Waals surface area contributed by atoms with Crippen molar-refractivity contribution in [3.8, 4) is 0 Å². The third kappa shape index (κ3) is 6.92. The smallest absolute Gasteiger partial charge is 0.214 e. The molecular formula is C10H9Cl4FeN3P3+. The van der Waals surface area contributed by atoms with Crippen LogP contribution in [-0.4, -0.2) is 0 Å². The number of hydrogen-bond donors (Lipinski definition) is 0. The van der Waals surface area contributed by atoms with Gasteiger partial charge in [-0.2, -0.15) is 22.7 Å². The average Bonchev–Trinajstić information content (AvgIpc) is 3.02. The minimum absolute atomic E-state index is 0. The topological polar surface area (TPSA) is 37.1 Å². The molecule has 0 fully saturated rings. The molecule has 1 atom stereocenters. The van der Waals surface area contributed by atoms with Gasteiger partial charge in [-0.05, 0) is 54.0 Å². The second kappa shape index (κ2) is 8.70. The van der Waals surface area contributed by atoms with E-state index >= 15 is 0 Å². The fourth-order valence-corrected chi connectivity index (χ4v) is 13.7. The first-order valence-electron chi connectivity index (χ1n) is 5.34. The summed E-state index contributed by atoms with van der Waals surface area (Å²) in [6.45, 7) is 0. The molecule has 0 aliphatic carbocycles. The Morgan fingerprint density at radius 3 is 1.90 bits per heavy atom. The van der Waals surface area contributed by atoms with Crippen LogP contribution in [0.15, 0.2) is 68.1 Å². The monoisotopic (exact) mass is 460 g/mol. The molecule has 3 rings (SSSR count). The summed E-state index contributed by atoms with van der Waals surface area (Å²) in [5.41, 5.74) is 0. The van der Waals surface area contributed by atoms with Gasteiger partial charge in [0.15, 0.2) is 0 Å². The van der Waals surface area contributed by atoms with Crippen LogP contribution in [0.3, 0.4) is 0 Å². The van der Waals surface area contributed by atoms with E-state index in [-0.39, 0.29) is 17.1 Å². The van der Waals surface area contributed by atoms with E-state index in [0.717, 1.165) is 5.30 Å². The Bertz CT molecular complexity index is 660. The van der Waals surface area contributed by atoms with E-state index in [4.69, 9.17) is 45.0 Å². The number of nitrogens with zero attached hydrogens (tertiary/aromatic N) is 3. The van der Waals surface area contributed by atoms with Crippen LogP contribution in [0, 0.1) is 0 Å². The van der Waals surface area contributed by atoms with Crippen molar-refractivity contribution >= 4 is 70.0 Å². The molecule has 0 saturated heterocycles. The zero-order chi connectivity index (χ0) is 14.6. The van der Waals surface area contributed by atoms with E-state index in [9.17, 15) is 0 Å². The van der Waals surface area contributed by atoms with Crippen LogP contribution in [0.5, 0.6) is 0 Å². The third-order valence-corrected chi connectivity index (χ3v) is 12.5. The van der Waals surface area contributed by atoms with Crippen molar-refractivity contribution < 1.29 is 17.1 Å². The summed E-state index contributed by atoms with van der Waals surface area (Å²) < 4.78 is 12.2. The maximum absolute atomic E-state index is 5.93. The molecule has 1 heterocycles. The van der Waals surface area contributed by atoms with E-state index in [1.807, 2.05) is 54.6 Å². The SMILES string of the molecule is ClP1(Cl)=N[P+]([c-]2cccc2)=NP(Cl)(Cl)=N1.[Fe+2].c1cc[cH-]c1. The number of halogens is 4. The molecule has 11 heteroatoms. The Kier molecular flexibility index (Phi) is 8.28. The molecule has 2 aromatic carbocycles. The third-order valence-electron chi connectivity index (χ3n) is 2.03. The Morgan fingerprint density at radius 2 is 1.48 bits per heavy atom. The Labute approximate surface area is 154 Å². The van der Waals surface area contributed by atoms with E-state index in [1.165, 1.54) is 0 Å². The maximum atomic E-state index is 5.93. The number of rotatable bonds is 1. The van der Waals surface area contributed by atoms with Crippen molar-refractivity contribution in [1.82, 2.24) is 0 Å². The van der Waals surface area contributed by atoms with Crippen molar-refractivity contribution in [2.45, 2.75) is 0 Å². The van der Waals surface area contributed by atoms with Crippen molar-refractivity contribution in [3.05, 3.63) is 54.6 Å². The fourth-order valence-electron chi connectivity index (χ4n) is 1.31. The van der Waals surface area contributed by atoms with Gasteiger partial charge in [0.25, 0.3) is 11.8 Å². The summed E-state index contributed by atoms with van der Waals surface area (Å²) in [6.07, 6.45) is 0. The molecule has 114 valence electrons. The van der Waals surface area contributed by atoms with Crippen molar-refractivity contribution in [2.24, 2.45) is 13.5 Å². The quantitative estimate of drug-likeness (QED) is 0.235. The van der Waals surface area contributed by atoms with Crippen LogP contribution in [0.4, 0.5) is 0 Å². The van der Waals surface area contributed by atoms with Crippen LogP contribution < -0.4 is 5.30 Å². The summed E-state index contributed by atoms with van der Waals surface area (Å²) in [5, 5.41) is 0.941. The minimum atomic E-state index is -2.74. The summed E-state index contributed by atoms with van der Waals surface area (Å²) in [7, 11) is -1.18. The molecular weight excluding hydrogens is 453 g/mol. The molecule has 3 nitrogen and oxygen atoms in total. The van der Waals surface area contributed by atoms with E-state index in [2.05, 4.69) is 13.5 Å². The molecule has 0 saturated carbocycles. The van der Waals surface area contributed by atoms with Gasteiger partial charge in [-0.25, -0.2) is 24.3 Å². The number of hydrogen-bond acceptors (Lipinski definition) is 3. The molecule has 1 aliphatic rings. The minimum Gasteiger partial charge on any atom is -0.214 e. The van der Waals surface area contributed by atoms with Crippen LogP contribution in [-0.2, 0) is 17.1 Å². The largest absolute Gasteiger partial charge is 2.00 e. The molecule has 0 aromatic heterocycles. The normalized spacial score (nSPS) is 19.7. The molecule has 0 bridgehead atoms. The first-order chi connectivity index (χ1) is 9.38. The molecule has 21 heavy (non-hydrogen) atoms. The van der Waals surface area contributed by atoms with Gasteiger partial charge in [0.05, 0.1) is 5.30 Å². The van der Waals surface area contributed by atoms with Crippen molar-refractivity contribution in [2.75, 3.05) is 0 Å². The average molecular weight is 462 g/mol. The summed E-state index contributed by atoms with van der Waals surface area (Å²) in [4.78, 5) is 0. The second-order valence-corrected chi connectivity index (χ2v) is 15.3. The van der Waals surface area contributed by atoms with Gasteiger partial charge in [-0.15, -0.1) is 12.1 Å². The standard InChI is InChI=1S/C5H4Cl4N3P3.C5H5.Fe/c6-14(7)10-13(5-3-1-2-4-5)11-15(8,9)12-14;1-2-4-5-3-1;/h1-4H;1-5H;/q;-1;+2. The summed E-state index contributed by atoms with van der Waals surface area (Å²) in [5.74, 6) is -5.48. The predicted octanol–water partition coefficient (Wildman–Crippen LogP) is 7.88. The maximum Gasteiger partial charge on any atom is 2.00 e. The molecule has 0 N–H and O–H groups in total. The molecule has 2 aromatic rings. The van der Waals surface area contributed by atoms with Crippen LogP contribution in [0.2, 0.25) is 0 Å². The van der Waals surface area contributed by atoms with Gasteiger partial charge < -0.3 is 0 Å². The van der Waals surface area contributed by atoms with E-state index in [1.54, 1.807) is 0 Å². The van der Waals surface area contributed by atoms with Crippen LogP contribution in [0.1, 0.15) is 0 Å². The van der Waals surface area contributed by atoms with Gasteiger partial charge in [0, 0.05) is 0 Å². The van der Waals surface area contributed by atoms with Gasteiger partial charge in [-0.1, -0.05) is 0 Å². The fraction of sp³-hybridized carbons (Fsp3) is 0.